The van der Waals surface area contributed by atoms with E-state index in [2.05, 4.69) is 10.4 Å². The maximum Gasteiger partial charge on any atom is 0.235 e. The van der Waals surface area contributed by atoms with E-state index in [-0.39, 0.29) is 37.1 Å². The van der Waals surface area contributed by atoms with Crippen LogP contribution in [0.3, 0.4) is 0 Å². The SMILES string of the molecule is CC1(C)C(=O)N(c2ccc3c(cnn3-c3ccc(F)cc3)c2)[C@@H](c2ccccc2)[C@@H]1NC(=O)C1CC1.[HH]. The molecule has 0 radical (unpaired) electrons. The number of aromatic nitrogens is 2. The minimum Gasteiger partial charge on any atom is -0.350 e. The van der Waals surface area contributed by atoms with Crippen LogP contribution in [0.5, 0.6) is 0 Å². The van der Waals surface area contributed by atoms with Gasteiger partial charge in [-0.1, -0.05) is 30.3 Å². The first-order valence-electron chi connectivity index (χ1n) is 12.3. The molecule has 6 nitrogen and oxygen atoms in total. The monoisotopic (exact) mass is 484 g/mol. The molecule has 2 heterocycles. The molecule has 1 saturated carbocycles. The molecule has 36 heavy (non-hydrogen) atoms. The minimum atomic E-state index is -0.793. The molecular formula is C29H29FN4O2. The van der Waals surface area contributed by atoms with E-state index in [0.717, 1.165) is 40.7 Å². The first-order chi connectivity index (χ1) is 17.3. The number of anilines is 1. The molecule has 0 unspecified atom stereocenters. The Balaban J connectivity index is 0.00000280. The van der Waals surface area contributed by atoms with Crippen molar-refractivity contribution in [3.63, 3.8) is 0 Å². The van der Waals surface area contributed by atoms with Crippen LogP contribution in [0, 0.1) is 17.2 Å². The Morgan fingerprint density at radius 3 is 2.42 bits per heavy atom. The topological polar surface area (TPSA) is 67.2 Å². The number of fused-ring (bicyclic) bond motifs is 1. The number of amides is 2. The highest BCUT2D eigenvalue weighted by molar-refractivity contribution is 6.03. The zero-order valence-corrected chi connectivity index (χ0v) is 20.2. The maximum atomic E-state index is 13.9. The molecule has 184 valence electrons. The summed E-state index contributed by atoms with van der Waals surface area (Å²) < 4.78 is 15.2. The van der Waals surface area contributed by atoms with Gasteiger partial charge in [0, 0.05) is 18.4 Å². The van der Waals surface area contributed by atoms with E-state index in [4.69, 9.17) is 0 Å². The summed E-state index contributed by atoms with van der Waals surface area (Å²) in [6.45, 7) is 3.82. The number of benzene rings is 3. The molecule has 7 heteroatoms. The first kappa shape index (κ1) is 22.5. The minimum absolute atomic E-state index is 0. The second kappa shape index (κ2) is 8.29. The molecule has 2 atom stereocenters. The molecule has 2 amide bonds. The van der Waals surface area contributed by atoms with Gasteiger partial charge >= 0.3 is 0 Å². The third-order valence-electron chi connectivity index (χ3n) is 7.43. The summed E-state index contributed by atoms with van der Waals surface area (Å²) in [6.07, 6.45) is 3.56. The third-order valence-corrected chi connectivity index (χ3v) is 7.43. The largest absolute Gasteiger partial charge is 0.350 e. The van der Waals surface area contributed by atoms with Crippen molar-refractivity contribution in [2.45, 2.75) is 38.8 Å². The Bertz CT molecular complexity index is 1460. The van der Waals surface area contributed by atoms with Crippen LogP contribution in [-0.4, -0.2) is 27.6 Å². The Hall–Kier alpha value is -4.00. The highest BCUT2D eigenvalue weighted by Crippen LogP contribution is 2.47. The van der Waals surface area contributed by atoms with Gasteiger partial charge in [0.2, 0.25) is 11.8 Å². The van der Waals surface area contributed by atoms with Gasteiger partial charge in [0.15, 0.2) is 0 Å². The number of nitrogens with zero attached hydrogens (tertiary/aromatic N) is 3. The van der Waals surface area contributed by atoms with Crippen molar-refractivity contribution < 1.29 is 15.4 Å². The van der Waals surface area contributed by atoms with Crippen LogP contribution in [-0.2, 0) is 9.59 Å². The van der Waals surface area contributed by atoms with Gasteiger partial charge in [-0.2, -0.15) is 5.10 Å². The summed E-state index contributed by atoms with van der Waals surface area (Å²) in [7, 11) is 0. The second-order valence-electron chi connectivity index (χ2n) is 10.3. The van der Waals surface area contributed by atoms with E-state index in [1.807, 2.05) is 67.3 Å². The number of hydrogen-bond acceptors (Lipinski definition) is 3. The van der Waals surface area contributed by atoms with Gasteiger partial charge in [-0.3, -0.25) is 9.59 Å². The molecule has 4 aromatic rings. The lowest BCUT2D eigenvalue weighted by atomic mass is 9.82. The van der Waals surface area contributed by atoms with Gasteiger partial charge in [-0.25, -0.2) is 9.07 Å². The zero-order chi connectivity index (χ0) is 25.0. The molecule has 1 aliphatic heterocycles. The fourth-order valence-corrected chi connectivity index (χ4v) is 5.22. The van der Waals surface area contributed by atoms with Gasteiger partial charge in [-0.15, -0.1) is 0 Å². The molecule has 3 aromatic carbocycles. The van der Waals surface area contributed by atoms with Gasteiger partial charge in [0.05, 0.1) is 34.9 Å². The molecule has 0 spiro atoms. The van der Waals surface area contributed by atoms with Gasteiger partial charge in [-0.05, 0) is 74.7 Å². The molecule has 1 aliphatic carbocycles. The maximum absolute atomic E-state index is 13.9. The van der Waals surface area contributed by atoms with Crippen LogP contribution >= 0.6 is 0 Å². The summed E-state index contributed by atoms with van der Waals surface area (Å²) in [4.78, 5) is 28.6. The van der Waals surface area contributed by atoms with Crippen molar-refractivity contribution in [3.8, 4) is 5.69 Å². The molecule has 1 N–H and O–H groups in total. The Morgan fingerprint density at radius 2 is 1.72 bits per heavy atom. The molecule has 6 rings (SSSR count). The predicted octanol–water partition coefficient (Wildman–Crippen LogP) is 5.42. The summed E-state index contributed by atoms with van der Waals surface area (Å²) in [5.41, 5.74) is 2.53. The average molecular weight is 485 g/mol. The van der Waals surface area contributed by atoms with Crippen LogP contribution in [0.4, 0.5) is 10.1 Å². The van der Waals surface area contributed by atoms with Gasteiger partial charge < -0.3 is 10.2 Å². The third kappa shape index (κ3) is 3.66. The average Bonchev–Trinajstić information content (AvgIpc) is 3.62. The van der Waals surface area contributed by atoms with Crippen LogP contribution < -0.4 is 10.2 Å². The first-order valence-corrected chi connectivity index (χ1v) is 12.3. The molecule has 2 aliphatic rings. The number of rotatable bonds is 5. The van der Waals surface area contributed by atoms with E-state index in [1.165, 1.54) is 12.1 Å². The Kier molecular flexibility index (Phi) is 5.18. The highest BCUT2D eigenvalue weighted by atomic mass is 19.1. The van der Waals surface area contributed by atoms with E-state index < -0.39 is 5.41 Å². The summed E-state index contributed by atoms with van der Waals surface area (Å²) in [6, 6.07) is 21.1. The Labute approximate surface area is 210 Å². The van der Waals surface area contributed by atoms with Crippen molar-refractivity contribution in [1.29, 1.82) is 0 Å². The fraction of sp³-hybridized carbons (Fsp3) is 0.276. The summed E-state index contributed by atoms with van der Waals surface area (Å²) in [5.74, 6) is -0.264. The van der Waals surface area contributed by atoms with Crippen LogP contribution in [0.1, 0.15) is 39.7 Å². The lowest BCUT2D eigenvalue weighted by Crippen LogP contribution is -2.46. The smallest absolute Gasteiger partial charge is 0.235 e. The van der Waals surface area contributed by atoms with Crippen molar-refractivity contribution in [1.82, 2.24) is 15.1 Å². The lowest BCUT2D eigenvalue weighted by Gasteiger charge is -2.31. The van der Waals surface area contributed by atoms with Crippen LogP contribution in [0.2, 0.25) is 0 Å². The Morgan fingerprint density at radius 1 is 1.03 bits per heavy atom. The molecular weight excluding hydrogens is 455 g/mol. The summed E-state index contributed by atoms with van der Waals surface area (Å²) >= 11 is 0. The van der Waals surface area contributed by atoms with Crippen molar-refractivity contribution in [3.05, 3.63) is 90.4 Å². The predicted molar refractivity (Wildman–Crippen MR) is 138 cm³/mol. The fourth-order valence-electron chi connectivity index (χ4n) is 5.22. The van der Waals surface area contributed by atoms with E-state index >= 15 is 0 Å². The van der Waals surface area contributed by atoms with E-state index in [9.17, 15) is 14.0 Å². The number of halogens is 1. The van der Waals surface area contributed by atoms with Crippen LogP contribution in [0.25, 0.3) is 16.6 Å². The molecule has 0 bridgehead atoms. The van der Waals surface area contributed by atoms with Crippen molar-refractivity contribution in [2.75, 3.05) is 4.90 Å². The molecule has 2 fully saturated rings. The molecule has 1 saturated heterocycles. The second-order valence-corrected chi connectivity index (χ2v) is 10.3. The number of carbonyl (C=O) groups excluding carboxylic acids is 2. The standard InChI is InChI=1S/C29H27FN4O2.H2/c1-29(2)26(32-27(35)19-8-9-19)25(18-6-4-3-5-7-18)33(28(29)36)23-14-15-24-20(16-23)17-31-34(24)22-12-10-21(30)11-13-22;/h3-7,10-17,19,25-26H,8-9H2,1-2H3,(H,32,35);1H/t25-,26-;/m0./s1. The lowest BCUT2D eigenvalue weighted by molar-refractivity contribution is -0.126. The quantitative estimate of drug-likeness (QED) is 0.411. The zero-order valence-electron chi connectivity index (χ0n) is 20.2. The van der Waals surface area contributed by atoms with Crippen molar-refractivity contribution >= 4 is 28.4 Å². The van der Waals surface area contributed by atoms with Gasteiger partial charge in [0.25, 0.3) is 0 Å². The van der Waals surface area contributed by atoms with Crippen LogP contribution in [0.15, 0.2) is 79.0 Å². The van der Waals surface area contributed by atoms with Gasteiger partial charge in [0.1, 0.15) is 5.82 Å². The van der Waals surface area contributed by atoms with E-state index in [1.54, 1.807) is 23.0 Å². The number of hydrogen-bond donors (Lipinski definition) is 1. The van der Waals surface area contributed by atoms with Crippen molar-refractivity contribution in [2.24, 2.45) is 11.3 Å². The normalized spacial score (nSPS) is 21.2. The van der Waals surface area contributed by atoms with E-state index in [0.29, 0.717) is 0 Å². The number of nitrogens with one attached hydrogen (secondary N) is 1. The number of carbonyl (C=O) groups is 2. The molecule has 1 aromatic heterocycles. The summed E-state index contributed by atoms with van der Waals surface area (Å²) in [5, 5.41) is 8.59. The highest BCUT2D eigenvalue weighted by Gasteiger charge is 2.55.